The fraction of sp³-hybridized carbons (Fsp3) is 0.278. The zero-order valence-electron chi connectivity index (χ0n) is 14.1. The van der Waals surface area contributed by atoms with Crippen LogP contribution in [0.1, 0.15) is 19.4 Å². The first kappa shape index (κ1) is 19.1. The highest BCUT2D eigenvalue weighted by Gasteiger charge is 2.27. The van der Waals surface area contributed by atoms with E-state index in [1.165, 1.54) is 12.1 Å². The summed E-state index contributed by atoms with van der Waals surface area (Å²) in [6.07, 6.45) is -0.348. The predicted molar refractivity (Wildman–Crippen MR) is 91.7 cm³/mol. The number of hydrogen-bond donors (Lipinski definition) is 0. The van der Waals surface area contributed by atoms with Gasteiger partial charge in [0.2, 0.25) is 10.0 Å². The highest BCUT2D eigenvalue weighted by Crippen LogP contribution is 2.19. The molecule has 2 rings (SSSR count). The van der Waals surface area contributed by atoms with Crippen LogP contribution in [0.5, 0.6) is 0 Å². The number of carbonyl (C=O) groups is 1. The largest absolute Gasteiger partial charge is 0.462 e. The average Bonchev–Trinajstić information content (AvgIpc) is 2.55. The Bertz CT molecular complexity index is 805. The van der Waals surface area contributed by atoms with Crippen LogP contribution in [0.15, 0.2) is 59.5 Å². The van der Waals surface area contributed by atoms with Crippen molar-refractivity contribution in [1.29, 1.82) is 0 Å². The van der Waals surface area contributed by atoms with E-state index < -0.39 is 28.4 Å². The molecule has 0 aromatic heterocycles. The fourth-order valence-corrected chi connectivity index (χ4v) is 3.59. The van der Waals surface area contributed by atoms with E-state index in [4.69, 9.17) is 4.74 Å². The summed E-state index contributed by atoms with van der Waals surface area (Å²) < 4.78 is 44.9. The second-order valence-corrected chi connectivity index (χ2v) is 7.69. The van der Waals surface area contributed by atoms with Gasteiger partial charge in [0, 0.05) is 6.54 Å². The van der Waals surface area contributed by atoms with Crippen molar-refractivity contribution in [1.82, 2.24) is 4.31 Å². The van der Waals surface area contributed by atoms with Gasteiger partial charge in [-0.05, 0) is 43.7 Å². The molecule has 2 aromatic rings. The highest BCUT2D eigenvalue weighted by molar-refractivity contribution is 7.89. The SMILES string of the molecule is CC(C)OC(=O)CN(Cc1ccccc1)S(=O)(=O)c1ccc(F)cc1. The predicted octanol–water partition coefficient (Wildman–Crippen LogP) is 2.97. The Hall–Kier alpha value is -2.25. The summed E-state index contributed by atoms with van der Waals surface area (Å²) in [5.41, 5.74) is 0.727. The van der Waals surface area contributed by atoms with Gasteiger partial charge < -0.3 is 4.74 Å². The zero-order valence-corrected chi connectivity index (χ0v) is 14.9. The minimum Gasteiger partial charge on any atom is -0.462 e. The molecule has 0 radical (unpaired) electrons. The second-order valence-electron chi connectivity index (χ2n) is 5.75. The van der Waals surface area contributed by atoms with Crippen LogP contribution in [0, 0.1) is 5.82 Å². The van der Waals surface area contributed by atoms with E-state index in [0.717, 1.165) is 22.0 Å². The van der Waals surface area contributed by atoms with Gasteiger partial charge in [-0.15, -0.1) is 0 Å². The van der Waals surface area contributed by atoms with Gasteiger partial charge in [-0.2, -0.15) is 4.31 Å². The first-order chi connectivity index (χ1) is 11.8. The molecular formula is C18H20FNO4S. The molecule has 0 unspecified atom stereocenters. The van der Waals surface area contributed by atoms with Crippen molar-refractivity contribution in [2.24, 2.45) is 0 Å². The molecule has 0 heterocycles. The summed E-state index contributed by atoms with van der Waals surface area (Å²) in [6, 6.07) is 13.4. The van der Waals surface area contributed by atoms with E-state index in [1.807, 2.05) is 6.07 Å². The Morgan fingerprint density at radius 3 is 2.24 bits per heavy atom. The molecule has 25 heavy (non-hydrogen) atoms. The third-order valence-corrected chi connectivity index (χ3v) is 5.13. The van der Waals surface area contributed by atoms with E-state index in [-0.39, 0.29) is 17.5 Å². The van der Waals surface area contributed by atoms with Crippen LogP contribution in [0.25, 0.3) is 0 Å². The molecule has 0 N–H and O–H groups in total. The number of rotatable bonds is 7. The van der Waals surface area contributed by atoms with E-state index in [0.29, 0.717) is 0 Å². The monoisotopic (exact) mass is 365 g/mol. The minimum atomic E-state index is -3.98. The number of carbonyl (C=O) groups excluding carboxylic acids is 1. The summed E-state index contributed by atoms with van der Waals surface area (Å²) in [5, 5.41) is 0. The minimum absolute atomic E-state index is 0.00768. The van der Waals surface area contributed by atoms with Crippen LogP contribution in [0.3, 0.4) is 0 Å². The molecule has 0 saturated carbocycles. The van der Waals surface area contributed by atoms with Gasteiger partial charge in [0.25, 0.3) is 0 Å². The van der Waals surface area contributed by atoms with Gasteiger partial charge in [0.05, 0.1) is 11.0 Å². The average molecular weight is 365 g/mol. The zero-order chi connectivity index (χ0) is 18.4. The van der Waals surface area contributed by atoms with Crippen molar-refractivity contribution in [3.05, 3.63) is 66.0 Å². The maximum absolute atomic E-state index is 13.1. The Morgan fingerprint density at radius 2 is 1.68 bits per heavy atom. The maximum atomic E-state index is 13.1. The Labute approximate surface area is 147 Å². The maximum Gasteiger partial charge on any atom is 0.321 e. The number of nitrogens with zero attached hydrogens (tertiary/aromatic N) is 1. The first-order valence-electron chi connectivity index (χ1n) is 7.78. The molecule has 0 saturated heterocycles. The third kappa shape index (κ3) is 5.37. The van der Waals surface area contributed by atoms with Crippen LogP contribution in [0.2, 0.25) is 0 Å². The lowest BCUT2D eigenvalue weighted by atomic mass is 10.2. The van der Waals surface area contributed by atoms with Crippen LogP contribution < -0.4 is 0 Å². The molecule has 0 aliphatic heterocycles. The number of sulfonamides is 1. The lowest BCUT2D eigenvalue weighted by molar-refractivity contribution is -0.147. The molecule has 0 atom stereocenters. The van der Waals surface area contributed by atoms with Crippen molar-refractivity contribution in [2.45, 2.75) is 31.4 Å². The van der Waals surface area contributed by atoms with Crippen LogP contribution in [-0.2, 0) is 26.1 Å². The summed E-state index contributed by atoms with van der Waals surface area (Å²) in [4.78, 5) is 11.9. The summed E-state index contributed by atoms with van der Waals surface area (Å²) in [5.74, 6) is -1.18. The molecule has 2 aromatic carbocycles. The van der Waals surface area contributed by atoms with Gasteiger partial charge in [-0.1, -0.05) is 30.3 Å². The molecule has 7 heteroatoms. The van der Waals surface area contributed by atoms with Crippen molar-refractivity contribution >= 4 is 16.0 Å². The quantitative estimate of drug-likeness (QED) is 0.708. The van der Waals surface area contributed by atoms with Gasteiger partial charge in [0.1, 0.15) is 12.4 Å². The van der Waals surface area contributed by atoms with Crippen molar-refractivity contribution in [3.8, 4) is 0 Å². The Balaban J connectivity index is 2.32. The number of halogens is 1. The summed E-state index contributed by atoms with van der Waals surface area (Å²) in [6.45, 7) is 2.96. The standard InChI is InChI=1S/C18H20FNO4S/c1-14(2)24-18(21)13-20(12-15-6-4-3-5-7-15)25(22,23)17-10-8-16(19)9-11-17/h3-11,14H,12-13H2,1-2H3. The molecular weight excluding hydrogens is 345 g/mol. The van der Waals surface area contributed by atoms with Crippen molar-refractivity contribution in [3.63, 3.8) is 0 Å². The van der Waals surface area contributed by atoms with E-state index in [9.17, 15) is 17.6 Å². The normalized spacial score (nSPS) is 11.7. The molecule has 0 aliphatic rings. The van der Waals surface area contributed by atoms with Crippen LogP contribution >= 0.6 is 0 Å². The summed E-state index contributed by atoms with van der Waals surface area (Å²) >= 11 is 0. The van der Waals surface area contributed by atoms with Crippen LogP contribution in [-0.4, -0.2) is 31.3 Å². The lowest BCUT2D eigenvalue weighted by Gasteiger charge is -2.22. The number of esters is 1. The lowest BCUT2D eigenvalue weighted by Crippen LogP contribution is -2.36. The highest BCUT2D eigenvalue weighted by atomic mass is 32.2. The second kappa shape index (κ2) is 8.22. The number of benzene rings is 2. The van der Waals surface area contributed by atoms with Gasteiger partial charge in [-0.3, -0.25) is 4.79 Å². The Kier molecular flexibility index (Phi) is 6.27. The Morgan fingerprint density at radius 1 is 1.08 bits per heavy atom. The molecule has 5 nitrogen and oxygen atoms in total. The molecule has 0 bridgehead atoms. The van der Waals surface area contributed by atoms with Gasteiger partial charge in [0.15, 0.2) is 0 Å². The van der Waals surface area contributed by atoms with E-state index in [2.05, 4.69) is 0 Å². The van der Waals surface area contributed by atoms with E-state index in [1.54, 1.807) is 38.1 Å². The van der Waals surface area contributed by atoms with Gasteiger partial charge in [-0.25, -0.2) is 12.8 Å². The fourth-order valence-electron chi connectivity index (χ4n) is 2.21. The van der Waals surface area contributed by atoms with Crippen molar-refractivity contribution < 1.29 is 22.3 Å². The van der Waals surface area contributed by atoms with Crippen LogP contribution in [0.4, 0.5) is 4.39 Å². The first-order valence-corrected chi connectivity index (χ1v) is 9.22. The smallest absolute Gasteiger partial charge is 0.321 e. The van der Waals surface area contributed by atoms with Gasteiger partial charge >= 0.3 is 5.97 Å². The van der Waals surface area contributed by atoms with Crippen molar-refractivity contribution in [2.75, 3.05) is 6.54 Å². The topological polar surface area (TPSA) is 63.7 Å². The number of ether oxygens (including phenoxy) is 1. The van der Waals surface area contributed by atoms with E-state index >= 15 is 0 Å². The molecule has 0 amide bonds. The molecule has 0 fully saturated rings. The number of hydrogen-bond acceptors (Lipinski definition) is 4. The molecule has 134 valence electrons. The molecule has 0 spiro atoms. The third-order valence-electron chi connectivity index (χ3n) is 3.33. The summed E-state index contributed by atoms with van der Waals surface area (Å²) in [7, 11) is -3.98. The molecule has 0 aliphatic carbocycles.